The molecule has 0 saturated carbocycles. The van der Waals surface area contributed by atoms with Crippen LogP contribution in [0.15, 0.2) is 53.7 Å². The van der Waals surface area contributed by atoms with Gasteiger partial charge in [-0.1, -0.05) is 0 Å². The number of halogens is 1. The molecule has 0 unspecified atom stereocenters. The van der Waals surface area contributed by atoms with E-state index < -0.39 is 28.0 Å². The molecule has 2 atom stereocenters. The number of hydrogen-bond donors (Lipinski definition) is 1. The van der Waals surface area contributed by atoms with Gasteiger partial charge in [0, 0.05) is 18.9 Å². The molecule has 0 spiro atoms. The molecule has 2 aromatic rings. The number of benzene rings is 1. The molecule has 1 N–H and O–H groups in total. The van der Waals surface area contributed by atoms with E-state index in [2.05, 4.69) is 4.98 Å². The van der Waals surface area contributed by atoms with Gasteiger partial charge in [0.05, 0.1) is 17.0 Å². The van der Waals surface area contributed by atoms with Gasteiger partial charge in [-0.15, -0.1) is 0 Å². The smallest absolute Gasteiger partial charge is 0.243 e. The van der Waals surface area contributed by atoms with E-state index in [9.17, 15) is 17.9 Å². The molecule has 5 nitrogen and oxygen atoms in total. The van der Waals surface area contributed by atoms with Gasteiger partial charge in [-0.2, -0.15) is 4.31 Å². The van der Waals surface area contributed by atoms with Crippen LogP contribution < -0.4 is 0 Å². The molecular weight excluding hydrogens is 319 g/mol. The van der Waals surface area contributed by atoms with Crippen LogP contribution in [0.5, 0.6) is 0 Å². The first-order chi connectivity index (χ1) is 11.0. The van der Waals surface area contributed by atoms with Crippen LogP contribution in [0.4, 0.5) is 4.39 Å². The summed E-state index contributed by atoms with van der Waals surface area (Å²) < 4.78 is 39.9. The van der Waals surface area contributed by atoms with Gasteiger partial charge in [0.1, 0.15) is 5.82 Å². The van der Waals surface area contributed by atoms with Crippen molar-refractivity contribution in [1.29, 1.82) is 0 Å². The number of pyridine rings is 1. The Morgan fingerprint density at radius 2 is 1.83 bits per heavy atom. The normalized spacial score (nSPS) is 22.3. The molecule has 1 aliphatic rings. The number of nitrogens with zero attached hydrogens (tertiary/aromatic N) is 2. The topological polar surface area (TPSA) is 70.5 Å². The van der Waals surface area contributed by atoms with Crippen molar-refractivity contribution in [2.75, 3.05) is 6.54 Å². The predicted octanol–water partition coefficient (Wildman–Crippen LogP) is 1.59. The highest BCUT2D eigenvalue weighted by atomic mass is 32.2. The molecule has 3 rings (SSSR count). The van der Waals surface area contributed by atoms with Gasteiger partial charge in [0.25, 0.3) is 0 Å². The highest BCUT2D eigenvalue weighted by Gasteiger charge is 2.40. The molecule has 0 radical (unpaired) electrons. The van der Waals surface area contributed by atoms with E-state index in [0.29, 0.717) is 12.8 Å². The number of sulfonamides is 1. The van der Waals surface area contributed by atoms with E-state index in [0.717, 1.165) is 17.7 Å². The van der Waals surface area contributed by atoms with Gasteiger partial charge in [-0.25, -0.2) is 12.8 Å². The Labute approximate surface area is 134 Å². The Bertz CT molecular complexity index is 766. The highest BCUT2D eigenvalue weighted by Crippen LogP contribution is 2.28. The lowest BCUT2D eigenvalue weighted by Gasteiger charge is -2.25. The minimum Gasteiger partial charge on any atom is -0.391 e. The zero-order chi connectivity index (χ0) is 16.4. The minimum atomic E-state index is -3.77. The molecule has 1 aromatic carbocycles. The Kier molecular flexibility index (Phi) is 4.43. The fraction of sp³-hybridized carbons (Fsp3) is 0.312. The van der Waals surface area contributed by atoms with Crippen molar-refractivity contribution in [3.63, 3.8) is 0 Å². The van der Waals surface area contributed by atoms with Crippen molar-refractivity contribution in [1.82, 2.24) is 9.29 Å². The maximum absolute atomic E-state index is 13.0. The average Bonchev–Trinajstić information content (AvgIpc) is 2.90. The van der Waals surface area contributed by atoms with Crippen LogP contribution in [-0.2, 0) is 16.4 Å². The largest absolute Gasteiger partial charge is 0.391 e. The first-order valence-corrected chi connectivity index (χ1v) is 8.77. The molecule has 1 fully saturated rings. The van der Waals surface area contributed by atoms with E-state index in [1.807, 2.05) is 0 Å². The molecule has 0 aliphatic carbocycles. The summed E-state index contributed by atoms with van der Waals surface area (Å²) in [6.45, 7) is 0.247. The summed E-state index contributed by atoms with van der Waals surface area (Å²) in [7, 11) is -3.77. The quantitative estimate of drug-likeness (QED) is 0.920. The maximum Gasteiger partial charge on any atom is 0.243 e. The zero-order valence-electron chi connectivity index (χ0n) is 12.3. The second-order valence-electron chi connectivity index (χ2n) is 5.55. The molecule has 2 heterocycles. The second-order valence-corrected chi connectivity index (χ2v) is 7.44. The van der Waals surface area contributed by atoms with Crippen LogP contribution in [0.25, 0.3) is 0 Å². The number of rotatable bonds is 4. The summed E-state index contributed by atoms with van der Waals surface area (Å²) in [6.07, 6.45) is 3.34. The molecule has 0 bridgehead atoms. The number of aromatic nitrogens is 1. The van der Waals surface area contributed by atoms with Crippen molar-refractivity contribution in [2.45, 2.75) is 29.9 Å². The average molecular weight is 336 g/mol. The third kappa shape index (κ3) is 3.26. The summed E-state index contributed by atoms with van der Waals surface area (Å²) in [6, 6.07) is 7.81. The van der Waals surface area contributed by atoms with Crippen LogP contribution in [0.3, 0.4) is 0 Å². The van der Waals surface area contributed by atoms with E-state index >= 15 is 0 Å². The maximum atomic E-state index is 13.0. The first kappa shape index (κ1) is 16.0. The molecule has 1 saturated heterocycles. The number of aliphatic hydroxyl groups is 1. The van der Waals surface area contributed by atoms with E-state index in [-0.39, 0.29) is 11.4 Å². The van der Waals surface area contributed by atoms with Gasteiger partial charge in [0.15, 0.2) is 0 Å². The van der Waals surface area contributed by atoms with Crippen LogP contribution >= 0.6 is 0 Å². The Balaban J connectivity index is 1.89. The lowest BCUT2D eigenvalue weighted by molar-refractivity contribution is 0.142. The van der Waals surface area contributed by atoms with Gasteiger partial charge >= 0.3 is 0 Å². The standard InChI is InChI=1S/C16H17FN2O3S/c17-13-1-3-14(4-2-13)23(21,22)19-10-7-16(20)15(19)11-12-5-8-18-9-6-12/h1-6,8-9,15-16,20H,7,10-11H2/t15-,16+/m0/s1. The predicted molar refractivity (Wildman–Crippen MR) is 82.6 cm³/mol. The summed E-state index contributed by atoms with van der Waals surface area (Å²) in [4.78, 5) is 3.97. The monoisotopic (exact) mass is 336 g/mol. The number of aliphatic hydroxyl groups excluding tert-OH is 1. The fourth-order valence-corrected chi connectivity index (χ4v) is 4.52. The Morgan fingerprint density at radius 1 is 1.17 bits per heavy atom. The molecule has 1 aliphatic heterocycles. The SMILES string of the molecule is O=S(=O)(c1ccc(F)cc1)N1CC[C@@H](O)[C@@H]1Cc1ccncc1. The Hall–Kier alpha value is -1.83. The van der Waals surface area contributed by atoms with Crippen molar-refractivity contribution in [3.8, 4) is 0 Å². The number of hydrogen-bond acceptors (Lipinski definition) is 4. The third-order valence-corrected chi connectivity index (χ3v) is 6.01. The lowest BCUT2D eigenvalue weighted by atomic mass is 10.0. The lowest BCUT2D eigenvalue weighted by Crippen LogP contribution is -2.41. The highest BCUT2D eigenvalue weighted by molar-refractivity contribution is 7.89. The third-order valence-electron chi connectivity index (χ3n) is 4.07. The van der Waals surface area contributed by atoms with E-state index in [1.54, 1.807) is 24.5 Å². The first-order valence-electron chi connectivity index (χ1n) is 7.33. The second kappa shape index (κ2) is 6.35. The molecule has 0 amide bonds. The van der Waals surface area contributed by atoms with Crippen molar-refractivity contribution in [3.05, 3.63) is 60.2 Å². The van der Waals surface area contributed by atoms with Crippen molar-refractivity contribution in [2.24, 2.45) is 0 Å². The summed E-state index contributed by atoms with van der Waals surface area (Å²) in [5.41, 5.74) is 0.908. The zero-order valence-corrected chi connectivity index (χ0v) is 13.2. The summed E-state index contributed by atoms with van der Waals surface area (Å²) in [5, 5.41) is 10.2. The van der Waals surface area contributed by atoms with Gasteiger partial charge in [0.2, 0.25) is 10.0 Å². The van der Waals surface area contributed by atoms with E-state index in [4.69, 9.17) is 0 Å². The summed E-state index contributed by atoms with van der Waals surface area (Å²) >= 11 is 0. The molecule has 122 valence electrons. The summed E-state index contributed by atoms with van der Waals surface area (Å²) in [5.74, 6) is -0.487. The van der Waals surface area contributed by atoms with Crippen LogP contribution in [0.2, 0.25) is 0 Å². The Morgan fingerprint density at radius 3 is 2.48 bits per heavy atom. The minimum absolute atomic E-state index is 0.0349. The molecule has 7 heteroatoms. The molecule has 1 aromatic heterocycles. The van der Waals surface area contributed by atoms with Crippen molar-refractivity contribution < 1.29 is 17.9 Å². The van der Waals surface area contributed by atoms with Gasteiger partial charge in [-0.05, 0) is 54.8 Å². The van der Waals surface area contributed by atoms with Crippen molar-refractivity contribution >= 4 is 10.0 Å². The fourth-order valence-electron chi connectivity index (χ4n) is 2.85. The van der Waals surface area contributed by atoms with E-state index in [1.165, 1.54) is 16.4 Å². The van der Waals surface area contributed by atoms with Crippen LogP contribution in [0, 0.1) is 5.82 Å². The van der Waals surface area contributed by atoms with Crippen LogP contribution in [-0.4, -0.2) is 41.5 Å². The molecular formula is C16H17FN2O3S. The van der Waals surface area contributed by atoms with Crippen LogP contribution in [0.1, 0.15) is 12.0 Å². The van der Waals surface area contributed by atoms with Gasteiger partial charge < -0.3 is 5.11 Å². The molecule has 23 heavy (non-hydrogen) atoms. The van der Waals surface area contributed by atoms with Gasteiger partial charge in [-0.3, -0.25) is 4.98 Å².